The van der Waals surface area contributed by atoms with E-state index in [1.165, 1.54) is 0 Å². The second-order valence-corrected chi connectivity index (χ2v) is 7.67. The van der Waals surface area contributed by atoms with Crippen molar-refractivity contribution in [2.45, 2.75) is 6.92 Å². The molecule has 28 heavy (non-hydrogen) atoms. The number of aryl methyl sites for hydroxylation is 1. The molecule has 4 nitrogen and oxygen atoms in total. The van der Waals surface area contributed by atoms with Crippen LogP contribution in [0.1, 0.15) is 31.2 Å². The number of ether oxygens (including phenoxy) is 2. The molecule has 0 saturated heterocycles. The fourth-order valence-corrected chi connectivity index (χ4v) is 3.75. The quantitative estimate of drug-likeness (QED) is 0.406. The molecule has 0 unspecified atom stereocenters. The molecule has 0 bridgehead atoms. The second-order valence-electron chi connectivity index (χ2n) is 6.28. The van der Waals surface area contributed by atoms with Gasteiger partial charge < -0.3 is 9.47 Å². The lowest BCUT2D eigenvalue weighted by Crippen LogP contribution is -2.11. The third-order valence-electron chi connectivity index (χ3n) is 4.34. The van der Waals surface area contributed by atoms with Crippen molar-refractivity contribution >= 4 is 40.6 Å². The fraction of sp³-hybridized carbons (Fsp3) is 0.0909. The Bertz CT molecular complexity index is 1100. The Kier molecular flexibility index (Phi) is 5.03. The van der Waals surface area contributed by atoms with Crippen molar-refractivity contribution in [3.8, 4) is 11.5 Å². The predicted octanol–water partition coefficient (Wildman–Crippen LogP) is 5.59. The van der Waals surface area contributed by atoms with Gasteiger partial charge in [0, 0.05) is 27.6 Å². The van der Waals surface area contributed by atoms with Crippen molar-refractivity contribution in [2.75, 3.05) is 6.61 Å². The zero-order valence-electron chi connectivity index (χ0n) is 14.9. The molecule has 3 aromatic rings. The first-order valence-electron chi connectivity index (χ1n) is 8.55. The van der Waals surface area contributed by atoms with Crippen molar-refractivity contribution in [1.29, 1.82) is 0 Å². The van der Waals surface area contributed by atoms with Crippen LogP contribution in [0.4, 0.5) is 0 Å². The number of carbonyl (C=O) groups excluding carboxylic acids is 2. The monoisotopic (exact) mass is 410 g/mol. The summed E-state index contributed by atoms with van der Waals surface area (Å²) in [5.41, 5.74) is 2.10. The van der Waals surface area contributed by atoms with Gasteiger partial charge >= 0.3 is 0 Å². The van der Waals surface area contributed by atoms with E-state index in [2.05, 4.69) is 0 Å². The maximum Gasteiger partial charge on any atom is 0.232 e. The predicted molar refractivity (Wildman–Crippen MR) is 110 cm³/mol. The SMILES string of the molecule is Cc1ccsc1C=C1Oc2cc(OCC(=O)c3ccc(Cl)cc3)ccc2C1=O. The third-order valence-corrected chi connectivity index (χ3v) is 5.56. The Morgan fingerprint density at radius 1 is 1.18 bits per heavy atom. The molecule has 0 atom stereocenters. The first-order chi connectivity index (χ1) is 13.5. The molecular weight excluding hydrogens is 396 g/mol. The summed E-state index contributed by atoms with van der Waals surface area (Å²) >= 11 is 7.38. The Hall–Kier alpha value is -2.89. The summed E-state index contributed by atoms with van der Waals surface area (Å²) in [6.45, 7) is 1.87. The maximum absolute atomic E-state index is 12.5. The third kappa shape index (κ3) is 3.72. The minimum absolute atomic E-state index is 0.120. The van der Waals surface area contributed by atoms with Crippen molar-refractivity contribution in [3.63, 3.8) is 0 Å². The highest BCUT2D eigenvalue weighted by Crippen LogP contribution is 2.35. The molecule has 0 amide bonds. The molecule has 1 aliphatic heterocycles. The van der Waals surface area contributed by atoms with Gasteiger partial charge in [0.2, 0.25) is 5.78 Å². The number of Topliss-reactive ketones (excluding diaryl/α,β-unsaturated/α-hetero) is 2. The largest absolute Gasteiger partial charge is 0.485 e. The zero-order chi connectivity index (χ0) is 19.7. The summed E-state index contributed by atoms with van der Waals surface area (Å²) in [5, 5.41) is 2.54. The van der Waals surface area contributed by atoms with E-state index in [4.69, 9.17) is 21.1 Å². The van der Waals surface area contributed by atoms with Gasteiger partial charge in [-0.25, -0.2) is 0 Å². The van der Waals surface area contributed by atoms with E-state index in [0.29, 0.717) is 27.6 Å². The molecule has 140 valence electrons. The van der Waals surface area contributed by atoms with E-state index in [1.807, 2.05) is 18.4 Å². The molecule has 6 heteroatoms. The van der Waals surface area contributed by atoms with Crippen molar-refractivity contribution in [3.05, 3.63) is 86.3 Å². The Morgan fingerprint density at radius 2 is 1.96 bits per heavy atom. The van der Waals surface area contributed by atoms with E-state index in [1.54, 1.807) is 59.9 Å². The molecule has 0 saturated carbocycles. The van der Waals surface area contributed by atoms with E-state index >= 15 is 0 Å². The van der Waals surface area contributed by atoms with Gasteiger partial charge in [-0.3, -0.25) is 9.59 Å². The van der Waals surface area contributed by atoms with Crippen molar-refractivity contribution < 1.29 is 19.1 Å². The summed E-state index contributed by atoms with van der Waals surface area (Å²) in [6.07, 6.45) is 1.76. The molecule has 0 aliphatic carbocycles. The molecule has 1 aliphatic rings. The lowest BCUT2D eigenvalue weighted by Gasteiger charge is -2.07. The van der Waals surface area contributed by atoms with Crippen LogP contribution in [-0.4, -0.2) is 18.2 Å². The van der Waals surface area contributed by atoms with Crippen LogP contribution in [0, 0.1) is 6.92 Å². The van der Waals surface area contributed by atoms with Crippen LogP contribution in [0.5, 0.6) is 11.5 Å². The van der Waals surface area contributed by atoms with Crippen molar-refractivity contribution in [1.82, 2.24) is 0 Å². The molecule has 1 aromatic heterocycles. The highest BCUT2D eigenvalue weighted by molar-refractivity contribution is 7.11. The summed E-state index contributed by atoms with van der Waals surface area (Å²) in [6, 6.07) is 13.6. The Balaban J connectivity index is 1.47. The van der Waals surface area contributed by atoms with Gasteiger partial charge in [0.05, 0.1) is 5.56 Å². The van der Waals surface area contributed by atoms with Gasteiger partial charge in [-0.2, -0.15) is 0 Å². The minimum Gasteiger partial charge on any atom is -0.485 e. The summed E-state index contributed by atoms with van der Waals surface area (Å²) in [5.74, 6) is 0.855. The lowest BCUT2D eigenvalue weighted by molar-refractivity contribution is 0.0921. The highest BCUT2D eigenvalue weighted by atomic mass is 35.5. The molecule has 0 spiro atoms. The number of rotatable bonds is 5. The van der Waals surface area contributed by atoms with E-state index in [9.17, 15) is 9.59 Å². The Labute approximate surface area is 171 Å². The fourth-order valence-electron chi connectivity index (χ4n) is 2.78. The number of thiophene rings is 1. The van der Waals surface area contributed by atoms with Gasteiger partial charge in [0.1, 0.15) is 11.5 Å². The first-order valence-corrected chi connectivity index (χ1v) is 9.81. The number of hydrogen-bond donors (Lipinski definition) is 0. The van der Waals surface area contributed by atoms with Crippen LogP contribution in [0.3, 0.4) is 0 Å². The summed E-state index contributed by atoms with van der Waals surface area (Å²) in [4.78, 5) is 25.7. The normalized spacial score (nSPS) is 14.1. The molecule has 0 fully saturated rings. The van der Waals surface area contributed by atoms with Crippen LogP contribution in [0.2, 0.25) is 5.02 Å². The van der Waals surface area contributed by atoms with Gasteiger partial charge in [0.15, 0.2) is 18.1 Å². The first kappa shape index (κ1) is 18.5. The number of hydrogen-bond acceptors (Lipinski definition) is 5. The van der Waals surface area contributed by atoms with Crippen LogP contribution in [0.15, 0.2) is 59.7 Å². The molecule has 0 N–H and O–H groups in total. The van der Waals surface area contributed by atoms with E-state index in [-0.39, 0.29) is 23.9 Å². The summed E-state index contributed by atoms with van der Waals surface area (Å²) < 4.78 is 11.3. The summed E-state index contributed by atoms with van der Waals surface area (Å²) in [7, 11) is 0. The van der Waals surface area contributed by atoms with Crippen LogP contribution >= 0.6 is 22.9 Å². The number of halogens is 1. The molecular formula is C22H15ClO4S. The van der Waals surface area contributed by atoms with E-state index < -0.39 is 0 Å². The highest BCUT2D eigenvalue weighted by Gasteiger charge is 2.28. The van der Waals surface area contributed by atoms with Gasteiger partial charge in [-0.15, -0.1) is 11.3 Å². The average molecular weight is 411 g/mol. The molecule has 4 rings (SSSR count). The second kappa shape index (κ2) is 7.62. The van der Waals surface area contributed by atoms with Crippen LogP contribution < -0.4 is 9.47 Å². The number of carbonyl (C=O) groups is 2. The number of ketones is 2. The lowest BCUT2D eigenvalue weighted by atomic mass is 10.1. The zero-order valence-corrected chi connectivity index (χ0v) is 16.5. The van der Waals surface area contributed by atoms with Crippen LogP contribution in [-0.2, 0) is 0 Å². The van der Waals surface area contributed by atoms with E-state index in [0.717, 1.165) is 10.4 Å². The van der Waals surface area contributed by atoms with Gasteiger partial charge in [-0.05, 0) is 60.3 Å². The minimum atomic E-state index is -0.164. The molecule has 2 heterocycles. The van der Waals surface area contributed by atoms with Crippen molar-refractivity contribution in [2.24, 2.45) is 0 Å². The standard InChI is InChI=1S/C22H15ClO4S/c1-13-8-9-28-21(13)11-20-22(25)17-7-6-16(10-19(17)27-20)26-12-18(24)14-2-4-15(23)5-3-14/h2-11H,12H2,1H3. The van der Waals surface area contributed by atoms with Gasteiger partial charge in [-0.1, -0.05) is 11.6 Å². The Morgan fingerprint density at radius 3 is 2.68 bits per heavy atom. The number of benzene rings is 2. The molecule has 2 aromatic carbocycles. The number of fused-ring (bicyclic) bond motifs is 1. The molecule has 0 radical (unpaired) electrons. The average Bonchev–Trinajstić information content (AvgIpc) is 3.23. The topological polar surface area (TPSA) is 52.6 Å². The maximum atomic E-state index is 12.5. The van der Waals surface area contributed by atoms with Gasteiger partial charge in [0.25, 0.3) is 0 Å². The van der Waals surface area contributed by atoms with Crippen LogP contribution in [0.25, 0.3) is 6.08 Å². The smallest absolute Gasteiger partial charge is 0.232 e. The number of allylic oxidation sites excluding steroid dienone is 1.